The molecule has 2 nitrogen and oxygen atoms in total. The van der Waals surface area contributed by atoms with Crippen LogP contribution in [0.2, 0.25) is 0 Å². The number of furan rings is 1. The predicted octanol–water partition coefficient (Wildman–Crippen LogP) is 9.76. The maximum absolute atomic E-state index is 6.73. The second kappa shape index (κ2) is 7.44. The fourth-order valence-electron chi connectivity index (χ4n) is 6.70. The summed E-state index contributed by atoms with van der Waals surface area (Å²) in [5.74, 6) is 0. The number of pyridine rings is 1. The van der Waals surface area contributed by atoms with Crippen molar-refractivity contribution in [2.24, 2.45) is 0 Å². The maximum Gasteiger partial charge on any atom is 0.161 e. The summed E-state index contributed by atoms with van der Waals surface area (Å²) in [4.78, 5) is 4.90. The number of aromatic nitrogens is 1. The number of hydrogen-bond acceptors (Lipinski definition) is 2. The first-order valence-electron chi connectivity index (χ1n) is 13.3. The zero-order valence-corrected chi connectivity index (χ0v) is 23.0. The summed E-state index contributed by atoms with van der Waals surface area (Å²) in [6.07, 6.45) is 4.35. The second-order valence-electron chi connectivity index (χ2n) is 13.2. The van der Waals surface area contributed by atoms with Gasteiger partial charge in [-0.25, -0.2) is 0 Å². The van der Waals surface area contributed by atoms with Crippen molar-refractivity contribution < 1.29 is 4.42 Å². The summed E-state index contributed by atoms with van der Waals surface area (Å²) < 4.78 is 6.73. The van der Waals surface area contributed by atoms with Gasteiger partial charge >= 0.3 is 0 Å². The molecule has 5 aromatic rings. The smallest absolute Gasteiger partial charge is 0.161 e. The zero-order valence-electron chi connectivity index (χ0n) is 23.0. The van der Waals surface area contributed by atoms with Gasteiger partial charge in [-0.1, -0.05) is 84.9 Å². The monoisotopic (exact) mass is 475 g/mol. The molecule has 0 saturated carbocycles. The molecule has 0 aliphatic heterocycles. The van der Waals surface area contributed by atoms with E-state index in [1.54, 1.807) is 0 Å². The zero-order chi connectivity index (χ0) is 25.6. The highest BCUT2D eigenvalue weighted by atomic mass is 16.3. The molecule has 3 aromatic carbocycles. The van der Waals surface area contributed by atoms with Gasteiger partial charge in [0.05, 0.1) is 0 Å². The third-order valence-corrected chi connectivity index (χ3v) is 8.70. The van der Waals surface area contributed by atoms with Gasteiger partial charge in [-0.05, 0) is 81.2 Å². The number of rotatable bonds is 1. The topological polar surface area (TPSA) is 26.0 Å². The van der Waals surface area contributed by atoms with E-state index in [9.17, 15) is 0 Å². The molecule has 0 N–H and O–H groups in total. The summed E-state index contributed by atoms with van der Waals surface area (Å²) in [5, 5.41) is 4.92. The lowest BCUT2D eigenvalue weighted by Crippen LogP contribution is -2.34. The van der Waals surface area contributed by atoms with E-state index in [1.807, 2.05) is 6.20 Å². The van der Waals surface area contributed by atoms with E-state index in [-0.39, 0.29) is 16.2 Å². The molecule has 6 rings (SSSR count). The first kappa shape index (κ1) is 23.3. The van der Waals surface area contributed by atoms with Gasteiger partial charge in [-0.3, -0.25) is 4.98 Å². The van der Waals surface area contributed by atoms with Crippen LogP contribution >= 0.6 is 0 Å². The molecule has 184 valence electrons. The van der Waals surface area contributed by atoms with E-state index in [1.165, 1.54) is 56.6 Å². The Bertz CT molecular complexity index is 1670. The Morgan fingerprint density at radius 2 is 1.53 bits per heavy atom. The number of hydrogen-bond donors (Lipinski definition) is 0. The summed E-state index contributed by atoms with van der Waals surface area (Å²) >= 11 is 0. The highest BCUT2D eigenvalue weighted by Crippen LogP contribution is 2.50. The summed E-state index contributed by atoms with van der Waals surface area (Å²) in [7, 11) is 0. The molecule has 36 heavy (non-hydrogen) atoms. The van der Waals surface area contributed by atoms with Crippen LogP contribution in [0.3, 0.4) is 0 Å². The highest BCUT2D eigenvalue weighted by Gasteiger charge is 2.39. The van der Waals surface area contributed by atoms with Crippen LogP contribution in [-0.4, -0.2) is 4.98 Å². The Morgan fingerprint density at radius 1 is 0.833 bits per heavy atom. The highest BCUT2D eigenvalue weighted by molar-refractivity contribution is 6.13. The molecular weight excluding hydrogens is 438 g/mol. The van der Waals surface area contributed by atoms with Gasteiger partial charge in [0.2, 0.25) is 0 Å². The number of aryl methyl sites for hydroxylation is 1. The van der Waals surface area contributed by atoms with Crippen molar-refractivity contribution >= 4 is 32.7 Å². The first-order valence-corrected chi connectivity index (χ1v) is 13.3. The summed E-state index contributed by atoms with van der Waals surface area (Å²) in [5.41, 5.74) is 9.96. The molecule has 1 aliphatic rings. The number of benzene rings is 3. The van der Waals surface area contributed by atoms with E-state index in [0.29, 0.717) is 0 Å². The molecule has 1 aliphatic carbocycles. The maximum atomic E-state index is 6.73. The van der Waals surface area contributed by atoms with Crippen molar-refractivity contribution in [3.05, 3.63) is 77.0 Å². The average Bonchev–Trinajstić information content (AvgIpc) is 3.20. The van der Waals surface area contributed by atoms with Crippen molar-refractivity contribution in [2.75, 3.05) is 0 Å². The molecule has 0 atom stereocenters. The second-order valence-corrected chi connectivity index (χ2v) is 13.2. The fraction of sp³-hybridized carbons (Fsp3) is 0.382. The van der Waals surface area contributed by atoms with Crippen LogP contribution in [0.1, 0.15) is 83.6 Å². The lowest BCUT2D eigenvalue weighted by molar-refractivity contribution is 0.331. The lowest BCUT2D eigenvalue weighted by atomic mass is 9.62. The van der Waals surface area contributed by atoms with E-state index in [2.05, 4.69) is 104 Å². The molecule has 0 bridgehead atoms. The quantitative estimate of drug-likeness (QED) is 0.241. The third-order valence-electron chi connectivity index (χ3n) is 8.70. The van der Waals surface area contributed by atoms with Gasteiger partial charge in [0.1, 0.15) is 11.3 Å². The fourth-order valence-corrected chi connectivity index (χ4v) is 6.70. The summed E-state index contributed by atoms with van der Waals surface area (Å²) in [6.45, 7) is 18.7. The van der Waals surface area contributed by atoms with Crippen LogP contribution in [-0.2, 0) is 16.2 Å². The van der Waals surface area contributed by atoms with E-state index in [4.69, 9.17) is 9.40 Å². The van der Waals surface area contributed by atoms with Crippen LogP contribution in [0, 0.1) is 6.92 Å². The Hall–Kier alpha value is -3.13. The Labute approximate surface area is 214 Å². The lowest BCUT2D eigenvalue weighted by Gasteiger charge is -2.42. The molecule has 0 spiro atoms. The molecule has 0 amide bonds. The van der Waals surface area contributed by atoms with E-state index >= 15 is 0 Å². The first-order chi connectivity index (χ1) is 16.9. The number of fused-ring (bicyclic) bond motifs is 5. The van der Waals surface area contributed by atoms with Crippen molar-refractivity contribution in [3.8, 4) is 11.3 Å². The van der Waals surface area contributed by atoms with Crippen LogP contribution < -0.4 is 0 Å². The Balaban J connectivity index is 1.69. The SMILES string of the molecule is Cc1c2c(cc3oc4c(-c5ccc(C(C)(C)C)c6ccccc56)nccc4c13)C(C)(C)CCC2(C)C. The van der Waals surface area contributed by atoms with Crippen LogP contribution in [0.15, 0.2) is 59.1 Å². The molecule has 0 radical (unpaired) electrons. The van der Waals surface area contributed by atoms with Gasteiger partial charge in [0.25, 0.3) is 0 Å². The Morgan fingerprint density at radius 3 is 2.25 bits per heavy atom. The molecule has 0 fully saturated rings. The van der Waals surface area contributed by atoms with Gasteiger partial charge in [-0.2, -0.15) is 0 Å². The van der Waals surface area contributed by atoms with Crippen molar-refractivity contribution in [1.82, 2.24) is 4.98 Å². The molecule has 2 heteroatoms. The van der Waals surface area contributed by atoms with Gasteiger partial charge in [0.15, 0.2) is 5.58 Å². The normalized spacial score (nSPS) is 17.1. The van der Waals surface area contributed by atoms with Crippen molar-refractivity contribution in [3.63, 3.8) is 0 Å². The van der Waals surface area contributed by atoms with Crippen molar-refractivity contribution in [2.45, 2.75) is 84.5 Å². The third kappa shape index (κ3) is 3.26. The Kier molecular flexibility index (Phi) is 4.81. The van der Waals surface area contributed by atoms with E-state index < -0.39 is 0 Å². The molecule has 2 aromatic heterocycles. The van der Waals surface area contributed by atoms with Gasteiger partial charge in [0, 0.05) is 22.5 Å². The largest absolute Gasteiger partial charge is 0.454 e. The minimum Gasteiger partial charge on any atom is -0.454 e. The molecule has 0 saturated heterocycles. The van der Waals surface area contributed by atoms with Gasteiger partial charge in [-0.15, -0.1) is 0 Å². The van der Waals surface area contributed by atoms with Crippen LogP contribution in [0.4, 0.5) is 0 Å². The summed E-state index contributed by atoms with van der Waals surface area (Å²) in [6, 6.07) is 17.7. The molecular formula is C34H37NO. The van der Waals surface area contributed by atoms with Crippen LogP contribution in [0.25, 0.3) is 44.0 Å². The molecule has 0 unspecified atom stereocenters. The minimum absolute atomic E-state index is 0.0622. The standard InChI is InChI=1S/C34H37NO/c1-20-28-24-15-18-35-30(23-13-14-25(32(2,3)4)22-12-10-9-11-21(22)23)31(24)36-27(28)19-26-29(20)34(7,8)17-16-33(26,5)6/h9-15,18-19H,16-17H2,1-8H3. The number of nitrogens with zero attached hydrogens (tertiary/aromatic N) is 1. The van der Waals surface area contributed by atoms with Gasteiger partial charge < -0.3 is 4.42 Å². The molecule has 2 heterocycles. The van der Waals surface area contributed by atoms with E-state index in [0.717, 1.165) is 22.4 Å². The average molecular weight is 476 g/mol. The minimum atomic E-state index is 0.0622. The van der Waals surface area contributed by atoms with Crippen molar-refractivity contribution in [1.29, 1.82) is 0 Å². The predicted molar refractivity (Wildman–Crippen MR) is 153 cm³/mol. The van der Waals surface area contributed by atoms with Crippen LogP contribution in [0.5, 0.6) is 0 Å².